The molecule has 0 atom stereocenters. The Morgan fingerprint density at radius 1 is 1.03 bits per heavy atom. The SMILES string of the molecule is COc1ccccc1NS(=O)(=O)c1cc(C(=O)N2CC=C(c3ccccc3)CC2)ccc1Cl. The molecule has 1 amide bonds. The second-order valence-corrected chi connectivity index (χ2v) is 9.61. The molecule has 0 spiro atoms. The monoisotopic (exact) mass is 482 g/mol. The quantitative estimate of drug-likeness (QED) is 0.531. The molecule has 0 aromatic heterocycles. The van der Waals surface area contributed by atoms with Gasteiger partial charge in [0.05, 0.1) is 17.8 Å². The Balaban J connectivity index is 1.56. The highest BCUT2D eigenvalue weighted by atomic mass is 35.5. The summed E-state index contributed by atoms with van der Waals surface area (Å²) >= 11 is 6.21. The van der Waals surface area contributed by atoms with Gasteiger partial charge in [-0.2, -0.15) is 0 Å². The van der Waals surface area contributed by atoms with Crippen LogP contribution in [-0.4, -0.2) is 39.4 Å². The summed E-state index contributed by atoms with van der Waals surface area (Å²) in [7, 11) is -2.60. The van der Waals surface area contributed by atoms with E-state index < -0.39 is 10.0 Å². The van der Waals surface area contributed by atoms with Crippen LogP contribution in [0.3, 0.4) is 0 Å². The minimum atomic E-state index is -4.05. The predicted octanol–water partition coefficient (Wildman–Crippen LogP) is 5.08. The zero-order valence-electron chi connectivity index (χ0n) is 18.0. The zero-order valence-corrected chi connectivity index (χ0v) is 19.6. The molecule has 4 rings (SSSR count). The van der Waals surface area contributed by atoms with Crippen molar-refractivity contribution in [1.82, 2.24) is 4.90 Å². The van der Waals surface area contributed by atoms with E-state index in [4.69, 9.17) is 16.3 Å². The minimum absolute atomic E-state index is 0.0267. The molecule has 0 unspecified atom stereocenters. The maximum Gasteiger partial charge on any atom is 0.263 e. The van der Waals surface area contributed by atoms with Gasteiger partial charge in [0.1, 0.15) is 10.6 Å². The molecule has 1 N–H and O–H groups in total. The van der Waals surface area contributed by atoms with Crippen molar-refractivity contribution in [2.45, 2.75) is 11.3 Å². The maximum atomic E-state index is 13.1. The number of para-hydroxylation sites is 2. The molecule has 0 saturated heterocycles. The lowest BCUT2D eigenvalue weighted by atomic mass is 9.99. The van der Waals surface area contributed by atoms with Crippen molar-refractivity contribution >= 4 is 38.8 Å². The molecule has 0 saturated carbocycles. The van der Waals surface area contributed by atoms with Crippen LogP contribution in [0.25, 0.3) is 5.57 Å². The standard InChI is InChI=1S/C25H23ClN2O4S/c1-32-23-10-6-5-9-22(23)27-33(30,31)24-17-20(11-12-21(24)26)25(29)28-15-13-19(14-16-28)18-7-3-2-4-8-18/h2-13,17,27H,14-16H2,1H3. The van der Waals surface area contributed by atoms with Crippen LogP contribution in [0.15, 0.2) is 83.8 Å². The Bertz CT molecular complexity index is 1310. The fourth-order valence-electron chi connectivity index (χ4n) is 3.72. The van der Waals surface area contributed by atoms with Gasteiger partial charge < -0.3 is 9.64 Å². The number of sulfonamides is 1. The Morgan fingerprint density at radius 2 is 1.76 bits per heavy atom. The fraction of sp³-hybridized carbons (Fsp3) is 0.160. The van der Waals surface area contributed by atoms with Crippen LogP contribution in [0.4, 0.5) is 5.69 Å². The molecule has 6 nitrogen and oxygen atoms in total. The third kappa shape index (κ3) is 5.05. The van der Waals surface area contributed by atoms with E-state index in [-0.39, 0.29) is 27.1 Å². The van der Waals surface area contributed by atoms with E-state index in [0.717, 1.165) is 12.0 Å². The number of carbonyl (C=O) groups excluding carboxylic acids is 1. The van der Waals surface area contributed by atoms with Crippen LogP contribution in [0.5, 0.6) is 5.75 Å². The van der Waals surface area contributed by atoms with E-state index in [1.165, 1.54) is 24.8 Å². The number of anilines is 1. The van der Waals surface area contributed by atoms with E-state index in [1.54, 1.807) is 35.2 Å². The van der Waals surface area contributed by atoms with Gasteiger partial charge in [-0.15, -0.1) is 0 Å². The molecule has 1 heterocycles. The Labute approximate surface area is 198 Å². The number of carbonyl (C=O) groups is 1. The number of nitrogens with one attached hydrogen (secondary N) is 1. The van der Waals surface area contributed by atoms with Crippen molar-refractivity contribution in [3.05, 3.63) is 95.0 Å². The lowest BCUT2D eigenvalue weighted by Gasteiger charge is -2.27. The van der Waals surface area contributed by atoms with Gasteiger partial charge in [0.25, 0.3) is 15.9 Å². The maximum absolute atomic E-state index is 13.1. The number of benzene rings is 3. The van der Waals surface area contributed by atoms with Crippen molar-refractivity contribution in [2.24, 2.45) is 0 Å². The van der Waals surface area contributed by atoms with Crippen LogP contribution in [0.2, 0.25) is 5.02 Å². The van der Waals surface area contributed by atoms with E-state index in [2.05, 4.69) is 4.72 Å². The molecule has 1 aliphatic rings. The second kappa shape index (κ2) is 9.68. The van der Waals surface area contributed by atoms with Crippen LogP contribution < -0.4 is 9.46 Å². The Morgan fingerprint density at radius 3 is 2.45 bits per heavy atom. The van der Waals surface area contributed by atoms with Crippen molar-refractivity contribution in [2.75, 3.05) is 24.9 Å². The molecule has 33 heavy (non-hydrogen) atoms. The Kier molecular flexibility index (Phi) is 6.72. The first-order valence-electron chi connectivity index (χ1n) is 10.4. The molecule has 0 radical (unpaired) electrons. The first kappa shape index (κ1) is 22.9. The van der Waals surface area contributed by atoms with E-state index in [1.807, 2.05) is 36.4 Å². The lowest BCUT2D eigenvalue weighted by molar-refractivity contribution is 0.0772. The van der Waals surface area contributed by atoms with Crippen LogP contribution in [-0.2, 0) is 10.0 Å². The van der Waals surface area contributed by atoms with Gasteiger partial charge in [0.15, 0.2) is 0 Å². The average molecular weight is 483 g/mol. The van der Waals surface area contributed by atoms with Gasteiger partial charge in [0.2, 0.25) is 0 Å². The summed E-state index contributed by atoms with van der Waals surface area (Å²) in [6, 6.07) is 21.0. The van der Waals surface area contributed by atoms with E-state index >= 15 is 0 Å². The van der Waals surface area contributed by atoms with Crippen LogP contribution >= 0.6 is 11.6 Å². The number of halogens is 1. The summed E-state index contributed by atoms with van der Waals surface area (Å²) in [5.41, 5.74) is 2.88. The number of hydrogen-bond donors (Lipinski definition) is 1. The molecule has 0 fully saturated rings. The number of amides is 1. The third-order valence-corrected chi connectivity index (χ3v) is 7.31. The number of ether oxygens (including phenoxy) is 1. The van der Waals surface area contributed by atoms with Gasteiger partial charge in [-0.1, -0.05) is 60.1 Å². The highest BCUT2D eigenvalue weighted by molar-refractivity contribution is 7.92. The van der Waals surface area contributed by atoms with E-state index in [9.17, 15) is 13.2 Å². The van der Waals surface area contributed by atoms with Gasteiger partial charge in [0, 0.05) is 18.7 Å². The highest BCUT2D eigenvalue weighted by Crippen LogP contribution is 2.30. The van der Waals surface area contributed by atoms with Crippen molar-refractivity contribution in [3.63, 3.8) is 0 Å². The number of methoxy groups -OCH3 is 1. The molecule has 1 aliphatic heterocycles. The highest BCUT2D eigenvalue weighted by Gasteiger charge is 2.24. The van der Waals surface area contributed by atoms with Gasteiger partial charge in [-0.05, 0) is 47.9 Å². The smallest absolute Gasteiger partial charge is 0.263 e. The molecule has 8 heteroatoms. The first-order valence-corrected chi connectivity index (χ1v) is 12.2. The molecule has 3 aromatic carbocycles. The zero-order chi connectivity index (χ0) is 23.4. The summed E-state index contributed by atoms with van der Waals surface area (Å²) in [4.78, 5) is 14.6. The molecular formula is C25H23ClN2O4S. The third-order valence-electron chi connectivity index (χ3n) is 5.46. The lowest BCUT2D eigenvalue weighted by Crippen LogP contribution is -2.34. The minimum Gasteiger partial charge on any atom is -0.495 e. The summed E-state index contributed by atoms with van der Waals surface area (Å²) in [6.07, 6.45) is 2.76. The topological polar surface area (TPSA) is 75.7 Å². The average Bonchev–Trinajstić information content (AvgIpc) is 2.84. The molecule has 170 valence electrons. The normalized spacial score (nSPS) is 13.9. The molecule has 3 aromatic rings. The number of rotatable bonds is 6. The van der Waals surface area contributed by atoms with Gasteiger partial charge in [-0.3, -0.25) is 9.52 Å². The van der Waals surface area contributed by atoms with Crippen LogP contribution in [0.1, 0.15) is 22.3 Å². The van der Waals surface area contributed by atoms with Gasteiger partial charge >= 0.3 is 0 Å². The summed E-state index contributed by atoms with van der Waals surface area (Å²) in [5.74, 6) is 0.127. The number of nitrogens with zero attached hydrogens (tertiary/aromatic N) is 1. The molecule has 0 bridgehead atoms. The van der Waals surface area contributed by atoms with E-state index in [0.29, 0.717) is 18.8 Å². The summed E-state index contributed by atoms with van der Waals surface area (Å²) < 4.78 is 33.8. The van der Waals surface area contributed by atoms with Crippen molar-refractivity contribution < 1.29 is 17.9 Å². The number of hydrogen-bond acceptors (Lipinski definition) is 4. The second-order valence-electron chi connectivity index (χ2n) is 7.55. The molecular weight excluding hydrogens is 460 g/mol. The first-order chi connectivity index (χ1) is 15.9. The molecule has 0 aliphatic carbocycles. The summed E-state index contributed by atoms with van der Waals surface area (Å²) in [6.45, 7) is 0.997. The summed E-state index contributed by atoms with van der Waals surface area (Å²) in [5, 5.41) is 0.0267. The van der Waals surface area contributed by atoms with Gasteiger partial charge in [-0.25, -0.2) is 8.42 Å². The predicted molar refractivity (Wildman–Crippen MR) is 130 cm³/mol. The Hall–Kier alpha value is -3.29. The van der Waals surface area contributed by atoms with Crippen molar-refractivity contribution in [1.29, 1.82) is 0 Å². The van der Waals surface area contributed by atoms with Crippen LogP contribution in [0, 0.1) is 0 Å². The largest absolute Gasteiger partial charge is 0.495 e. The fourth-order valence-corrected chi connectivity index (χ4v) is 5.32. The van der Waals surface area contributed by atoms with Crippen molar-refractivity contribution in [3.8, 4) is 5.75 Å².